The summed E-state index contributed by atoms with van der Waals surface area (Å²) in [6.45, 7) is 0. The van der Waals surface area contributed by atoms with Gasteiger partial charge < -0.3 is 4.42 Å². The van der Waals surface area contributed by atoms with E-state index >= 15 is 0 Å². The summed E-state index contributed by atoms with van der Waals surface area (Å²) in [6, 6.07) is 8.67. The van der Waals surface area contributed by atoms with Crippen molar-refractivity contribution in [3.05, 3.63) is 47.7 Å². The summed E-state index contributed by atoms with van der Waals surface area (Å²) >= 11 is 6.22. The maximum Gasteiger partial charge on any atom is 0.419 e. The van der Waals surface area contributed by atoms with Gasteiger partial charge in [0.15, 0.2) is 0 Å². The monoisotopic (exact) mass is 382 g/mol. The predicted molar refractivity (Wildman–Crippen MR) is 69.7 cm³/mol. The summed E-state index contributed by atoms with van der Waals surface area (Å²) in [4.78, 5) is 0. The maximum absolute atomic E-state index is 12.8. The fourth-order valence-electron chi connectivity index (χ4n) is 1.62. The van der Waals surface area contributed by atoms with Gasteiger partial charge in [0.25, 0.3) is 0 Å². The Hall–Kier alpha value is -0.750. The highest BCUT2D eigenvalue weighted by molar-refractivity contribution is 9.24. The van der Waals surface area contributed by atoms with E-state index in [1.54, 1.807) is 30.3 Å². The first kappa shape index (κ1) is 13.7. The van der Waals surface area contributed by atoms with Crippen molar-refractivity contribution in [3.63, 3.8) is 0 Å². The molecule has 0 N–H and O–H groups in total. The smallest absolute Gasteiger partial charge is 0.419 e. The Morgan fingerprint density at radius 3 is 2.17 bits per heavy atom. The minimum absolute atomic E-state index is 0.0497. The summed E-state index contributed by atoms with van der Waals surface area (Å²) in [5.41, 5.74) is -0.124. The highest BCUT2D eigenvalue weighted by Crippen LogP contribution is 2.45. The average Bonchev–Trinajstić information content (AvgIpc) is 2.74. The molecule has 0 atom stereocenters. The highest BCUT2D eigenvalue weighted by Gasteiger charge is 2.38. The molecule has 0 fully saturated rings. The normalized spacial score (nSPS) is 12.1. The van der Waals surface area contributed by atoms with E-state index in [9.17, 15) is 13.2 Å². The molecule has 0 aliphatic rings. The third kappa shape index (κ3) is 2.64. The lowest BCUT2D eigenvalue weighted by molar-refractivity contribution is -0.138. The number of rotatable bonds is 2. The van der Waals surface area contributed by atoms with Crippen molar-refractivity contribution >= 4 is 31.9 Å². The lowest BCUT2D eigenvalue weighted by Crippen LogP contribution is -2.06. The third-order valence-electron chi connectivity index (χ3n) is 2.39. The van der Waals surface area contributed by atoms with Crippen molar-refractivity contribution in [2.45, 2.75) is 9.91 Å². The van der Waals surface area contributed by atoms with Crippen LogP contribution >= 0.6 is 31.9 Å². The lowest BCUT2D eigenvalue weighted by Gasteiger charge is -2.09. The van der Waals surface area contributed by atoms with Gasteiger partial charge in [0, 0.05) is 11.1 Å². The average molecular weight is 384 g/mol. The Kier molecular flexibility index (Phi) is 3.87. The Bertz CT molecular complexity index is 532. The number of hydrogen-bond acceptors (Lipinski definition) is 1. The second-order valence-electron chi connectivity index (χ2n) is 3.56. The molecule has 0 unspecified atom stereocenters. The second-order valence-corrected chi connectivity index (χ2v) is 6.62. The van der Waals surface area contributed by atoms with Crippen LogP contribution in [0.3, 0.4) is 0 Å². The van der Waals surface area contributed by atoms with Crippen LogP contribution in [0.25, 0.3) is 11.3 Å². The van der Waals surface area contributed by atoms with Gasteiger partial charge in [0.05, 0.1) is 9.30 Å². The van der Waals surface area contributed by atoms with Crippen LogP contribution in [0.2, 0.25) is 0 Å². The van der Waals surface area contributed by atoms with Crippen LogP contribution in [-0.4, -0.2) is 0 Å². The second kappa shape index (κ2) is 5.09. The highest BCUT2D eigenvalue weighted by atomic mass is 79.9. The summed E-state index contributed by atoms with van der Waals surface area (Å²) < 4.78 is 43.0. The molecule has 0 saturated heterocycles. The zero-order chi connectivity index (χ0) is 13.3. The van der Waals surface area contributed by atoms with Crippen molar-refractivity contribution in [1.29, 1.82) is 0 Å². The van der Waals surface area contributed by atoms with Gasteiger partial charge in [-0.25, -0.2) is 0 Å². The van der Waals surface area contributed by atoms with E-state index in [4.69, 9.17) is 4.42 Å². The van der Waals surface area contributed by atoms with Crippen molar-refractivity contribution < 1.29 is 17.6 Å². The molecular formula is C12H7Br2F3O. The standard InChI is InChI=1S/C12H7Br2F3O/c13-11(14)9-8(12(15,16)17)6-18-10(9)7-4-2-1-3-5-7/h1-6,11H. The van der Waals surface area contributed by atoms with E-state index in [-0.39, 0.29) is 11.3 Å². The third-order valence-corrected chi connectivity index (χ3v) is 3.30. The number of benzene rings is 1. The van der Waals surface area contributed by atoms with E-state index in [1.165, 1.54) is 0 Å². The molecule has 1 heterocycles. The molecule has 18 heavy (non-hydrogen) atoms. The first-order chi connectivity index (χ1) is 8.41. The Labute approximate surface area is 118 Å². The Morgan fingerprint density at radius 1 is 1.06 bits per heavy atom. The van der Waals surface area contributed by atoms with Gasteiger partial charge in [-0.2, -0.15) is 13.2 Å². The molecule has 0 saturated carbocycles. The summed E-state index contributed by atoms with van der Waals surface area (Å²) in [6.07, 6.45) is -3.70. The number of hydrogen-bond donors (Lipinski definition) is 0. The number of alkyl halides is 5. The van der Waals surface area contributed by atoms with Crippen LogP contribution in [0.1, 0.15) is 14.9 Å². The predicted octanol–water partition coefficient (Wildman–Crippen LogP) is 5.75. The minimum atomic E-state index is -4.44. The molecule has 0 amide bonds. The molecular weight excluding hydrogens is 377 g/mol. The van der Waals surface area contributed by atoms with Gasteiger partial charge in [-0.15, -0.1) is 0 Å². The minimum Gasteiger partial charge on any atom is -0.463 e. The largest absolute Gasteiger partial charge is 0.463 e. The molecule has 0 bridgehead atoms. The van der Waals surface area contributed by atoms with Crippen molar-refractivity contribution in [3.8, 4) is 11.3 Å². The van der Waals surface area contributed by atoms with Gasteiger partial charge in [-0.1, -0.05) is 62.2 Å². The van der Waals surface area contributed by atoms with Gasteiger partial charge in [-0.05, 0) is 0 Å². The van der Waals surface area contributed by atoms with Crippen molar-refractivity contribution in [1.82, 2.24) is 0 Å². The summed E-state index contributed by atoms with van der Waals surface area (Å²) in [7, 11) is 0. The zero-order valence-electron chi connectivity index (χ0n) is 8.84. The molecule has 2 rings (SSSR count). The van der Waals surface area contributed by atoms with Gasteiger partial charge in [0.1, 0.15) is 12.0 Å². The summed E-state index contributed by atoms with van der Waals surface area (Å²) in [5.74, 6) is 0.210. The molecule has 6 heteroatoms. The summed E-state index contributed by atoms with van der Waals surface area (Å²) in [5, 5.41) is 0. The lowest BCUT2D eigenvalue weighted by atomic mass is 10.1. The zero-order valence-corrected chi connectivity index (χ0v) is 12.0. The van der Waals surface area contributed by atoms with Crippen molar-refractivity contribution in [2.24, 2.45) is 0 Å². The quantitative estimate of drug-likeness (QED) is 0.601. The molecule has 1 nitrogen and oxygen atoms in total. The van der Waals surface area contributed by atoms with E-state index in [0.29, 0.717) is 5.56 Å². The molecule has 2 aromatic rings. The van der Waals surface area contributed by atoms with E-state index < -0.39 is 15.5 Å². The van der Waals surface area contributed by atoms with Crippen molar-refractivity contribution in [2.75, 3.05) is 0 Å². The molecule has 0 aliphatic heterocycles. The molecule has 0 spiro atoms. The number of halogens is 5. The fourth-order valence-corrected chi connectivity index (χ4v) is 2.53. The Balaban J connectivity index is 2.60. The molecule has 1 aromatic heterocycles. The van der Waals surface area contributed by atoms with Crippen LogP contribution in [-0.2, 0) is 6.18 Å². The van der Waals surface area contributed by atoms with E-state index in [1.807, 2.05) is 0 Å². The fraction of sp³-hybridized carbons (Fsp3) is 0.167. The van der Waals surface area contributed by atoms with Crippen LogP contribution in [0, 0.1) is 0 Å². The SMILES string of the molecule is FC(F)(F)c1coc(-c2ccccc2)c1C(Br)Br. The topological polar surface area (TPSA) is 13.1 Å². The van der Waals surface area contributed by atoms with Crippen LogP contribution in [0.15, 0.2) is 41.0 Å². The molecule has 0 radical (unpaired) electrons. The molecule has 96 valence electrons. The maximum atomic E-state index is 12.8. The van der Waals surface area contributed by atoms with E-state index in [2.05, 4.69) is 31.9 Å². The van der Waals surface area contributed by atoms with Crippen LogP contribution < -0.4 is 0 Å². The van der Waals surface area contributed by atoms with Gasteiger partial charge >= 0.3 is 6.18 Å². The molecule has 0 aliphatic carbocycles. The van der Waals surface area contributed by atoms with Crippen LogP contribution in [0.4, 0.5) is 13.2 Å². The van der Waals surface area contributed by atoms with E-state index in [0.717, 1.165) is 6.26 Å². The van der Waals surface area contributed by atoms with Gasteiger partial charge in [0.2, 0.25) is 0 Å². The first-order valence-electron chi connectivity index (χ1n) is 4.93. The molecule has 1 aromatic carbocycles. The van der Waals surface area contributed by atoms with Gasteiger partial charge in [-0.3, -0.25) is 0 Å². The van der Waals surface area contributed by atoms with Crippen LogP contribution in [0.5, 0.6) is 0 Å². The number of furan rings is 1. The Morgan fingerprint density at radius 2 is 1.67 bits per heavy atom. The first-order valence-corrected chi connectivity index (χ1v) is 6.76.